The number of pyridine rings is 1. The summed E-state index contributed by atoms with van der Waals surface area (Å²) in [6.07, 6.45) is 4.39. The zero-order valence-electron chi connectivity index (χ0n) is 20.3. The number of carbonyl (C=O) groups is 3. The van der Waals surface area contributed by atoms with E-state index in [1.807, 2.05) is 6.92 Å². The molecule has 0 aliphatic carbocycles. The number of carbonyl (C=O) groups excluding carboxylic acids is 3. The minimum atomic E-state index is -3.80. The summed E-state index contributed by atoms with van der Waals surface area (Å²) in [5.74, 6) is -0.415. The Labute approximate surface area is 214 Å². The number of hydrogen-bond acceptors (Lipinski definition) is 8. The summed E-state index contributed by atoms with van der Waals surface area (Å²) in [7, 11) is -3.80. The van der Waals surface area contributed by atoms with Gasteiger partial charge >= 0.3 is 0 Å². The van der Waals surface area contributed by atoms with E-state index >= 15 is 0 Å². The Morgan fingerprint density at radius 1 is 1.22 bits per heavy atom. The SMILES string of the molecule is CCCC(NC(=O)c1ccc2c(c1)OCO2)C(=O)N1CCC2C1C(=O)CN2S(=O)(=O)Cc1cccnc1. The Kier molecular flexibility index (Phi) is 6.86. The number of hydrogen-bond donors (Lipinski definition) is 1. The molecule has 12 heteroatoms. The third-order valence-corrected chi connectivity index (χ3v) is 8.72. The van der Waals surface area contributed by atoms with Crippen LogP contribution in [-0.2, 0) is 25.4 Å². The van der Waals surface area contributed by atoms with Crippen molar-refractivity contribution >= 4 is 27.6 Å². The first kappa shape index (κ1) is 25.2. The fourth-order valence-corrected chi connectivity index (χ4v) is 6.90. The van der Waals surface area contributed by atoms with Gasteiger partial charge in [-0.05, 0) is 42.7 Å². The molecule has 0 bridgehead atoms. The average molecular weight is 529 g/mol. The van der Waals surface area contributed by atoms with Crippen LogP contribution in [0, 0.1) is 0 Å². The van der Waals surface area contributed by atoms with Crippen molar-refractivity contribution in [2.45, 2.75) is 50.1 Å². The lowest BCUT2D eigenvalue weighted by molar-refractivity contribution is -0.138. The van der Waals surface area contributed by atoms with Gasteiger partial charge in [0.05, 0.1) is 18.3 Å². The van der Waals surface area contributed by atoms with Gasteiger partial charge in [0.15, 0.2) is 17.3 Å². The van der Waals surface area contributed by atoms with E-state index in [-0.39, 0.29) is 37.3 Å². The summed E-state index contributed by atoms with van der Waals surface area (Å²) in [6.45, 7) is 1.94. The number of nitrogens with one attached hydrogen (secondary N) is 1. The molecule has 1 N–H and O–H groups in total. The van der Waals surface area contributed by atoms with Gasteiger partial charge in [-0.2, -0.15) is 4.31 Å². The minimum Gasteiger partial charge on any atom is -0.454 e. The van der Waals surface area contributed by atoms with Gasteiger partial charge in [0.1, 0.15) is 12.1 Å². The molecule has 2 saturated heterocycles. The predicted octanol–water partition coefficient (Wildman–Crippen LogP) is 1.09. The van der Waals surface area contributed by atoms with E-state index in [1.165, 1.54) is 15.4 Å². The smallest absolute Gasteiger partial charge is 0.252 e. The number of amides is 2. The first-order valence-electron chi connectivity index (χ1n) is 12.2. The van der Waals surface area contributed by atoms with Crippen molar-refractivity contribution < 1.29 is 32.3 Å². The first-order valence-corrected chi connectivity index (χ1v) is 13.8. The van der Waals surface area contributed by atoms with Gasteiger partial charge < -0.3 is 19.7 Å². The molecule has 2 aromatic rings. The summed E-state index contributed by atoms with van der Waals surface area (Å²) in [5, 5.41) is 2.79. The average Bonchev–Trinajstić information content (AvgIpc) is 3.60. The summed E-state index contributed by atoms with van der Waals surface area (Å²) < 4.78 is 38.1. The number of ether oxygens (including phenoxy) is 2. The predicted molar refractivity (Wildman–Crippen MR) is 131 cm³/mol. The molecule has 1 aromatic carbocycles. The quantitative estimate of drug-likeness (QED) is 0.538. The number of likely N-dealkylation sites (tertiary alicyclic amines) is 1. The molecule has 11 nitrogen and oxygen atoms in total. The molecule has 0 saturated carbocycles. The summed E-state index contributed by atoms with van der Waals surface area (Å²) in [6, 6.07) is 5.78. The zero-order valence-corrected chi connectivity index (χ0v) is 21.1. The van der Waals surface area contributed by atoms with Crippen LogP contribution in [0.1, 0.15) is 42.1 Å². The maximum Gasteiger partial charge on any atom is 0.252 e. The molecule has 3 aliphatic rings. The van der Waals surface area contributed by atoms with Crippen molar-refractivity contribution in [2.75, 3.05) is 19.9 Å². The Morgan fingerprint density at radius 3 is 2.78 bits per heavy atom. The minimum absolute atomic E-state index is 0.0812. The highest BCUT2D eigenvalue weighted by Crippen LogP contribution is 2.34. The molecule has 2 amide bonds. The molecule has 3 unspecified atom stereocenters. The largest absolute Gasteiger partial charge is 0.454 e. The number of benzene rings is 1. The Balaban J connectivity index is 1.30. The second-order valence-electron chi connectivity index (χ2n) is 9.34. The lowest BCUT2D eigenvalue weighted by Crippen LogP contribution is -2.52. The number of aromatic nitrogens is 1. The van der Waals surface area contributed by atoms with Crippen molar-refractivity contribution in [2.24, 2.45) is 0 Å². The third kappa shape index (κ3) is 4.90. The monoisotopic (exact) mass is 528 g/mol. The van der Waals surface area contributed by atoms with Gasteiger partial charge in [-0.25, -0.2) is 8.42 Å². The van der Waals surface area contributed by atoms with Gasteiger partial charge in [-0.1, -0.05) is 19.4 Å². The van der Waals surface area contributed by atoms with E-state index in [9.17, 15) is 22.8 Å². The highest BCUT2D eigenvalue weighted by molar-refractivity contribution is 7.88. The molecule has 2 fully saturated rings. The first-order chi connectivity index (χ1) is 17.8. The Morgan fingerprint density at radius 2 is 2.03 bits per heavy atom. The fourth-order valence-electron chi connectivity index (χ4n) is 5.18. The summed E-state index contributed by atoms with van der Waals surface area (Å²) in [4.78, 5) is 44.9. The van der Waals surface area contributed by atoms with E-state index in [1.54, 1.807) is 36.5 Å². The maximum atomic E-state index is 13.6. The molecule has 37 heavy (non-hydrogen) atoms. The fraction of sp³-hybridized carbons (Fsp3) is 0.440. The van der Waals surface area contributed by atoms with Gasteiger partial charge in [0, 0.05) is 24.5 Å². The van der Waals surface area contributed by atoms with Gasteiger partial charge in [0.25, 0.3) is 5.91 Å². The van der Waals surface area contributed by atoms with Gasteiger partial charge in [-0.3, -0.25) is 19.4 Å². The van der Waals surface area contributed by atoms with E-state index < -0.39 is 34.1 Å². The van der Waals surface area contributed by atoms with Crippen molar-refractivity contribution in [3.63, 3.8) is 0 Å². The van der Waals surface area contributed by atoms with Gasteiger partial charge in [-0.15, -0.1) is 0 Å². The van der Waals surface area contributed by atoms with Crippen molar-refractivity contribution in [1.29, 1.82) is 0 Å². The number of sulfonamides is 1. The van der Waals surface area contributed by atoms with E-state index in [0.717, 1.165) is 0 Å². The second-order valence-corrected chi connectivity index (χ2v) is 11.3. The van der Waals surface area contributed by atoms with Crippen LogP contribution in [0.15, 0.2) is 42.7 Å². The topological polar surface area (TPSA) is 135 Å². The number of Topliss-reactive ketones (excluding diaryl/α,β-unsaturated/α-hetero) is 1. The molecular formula is C25H28N4O7S. The molecule has 5 rings (SSSR count). The van der Waals surface area contributed by atoms with Crippen LogP contribution in [-0.4, -0.2) is 78.2 Å². The molecule has 3 aliphatic heterocycles. The molecular weight excluding hydrogens is 500 g/mol. The van der Waals surface area contributed by atoms with E-state index in [0.29, 0.717) is 41.9 Å². The molecule has 0 spiro atoms. The highest BCUT2D eigenvalue weighted by atomic mass is 32.2. The number of rotatable bonds is 8. The Bertz CT molecular complexity index is 1320. The van der Waals surface area contributed by atoms with E-state index in [4.69, 9.17) is 9.47 Å². The molecule has 4 heterocycles. The third-order valence-electron chi connectivity index (χ3n) is 6.91. The van der Waals surface area contributed by atoms with E-state index in [2.05, 4.69) is 10.3 Å². The van der Waals surface area contributed by atoms with Crippen LogP contribution < -0.4 is 14.8 Å². The number of fused-ring (bicyclic) bond motifs is 2. The van der Waals surface area contributed by atoms with Crippen LogP contribution in [0.5, 0.6) is 11.5 Å². The molecule has 0 radical (unpaired) electrons. The summed E-state index contributed by atoms with van der Waals surface area (Å²) in [5.41, 5.74) is 0.848. The highest BCUT2D eigenvalue weighted by Gasteiger charge is 2.54. The lowest BCUT2D eigenvalue weighted by atomic mass is 10.1. The van der Waals surface area contributed by atoms with Crippen LogP contribution >= 0.6 is 0 Å². The van der Waals surface area contributed by atoms with Gasteiger partial charge in [0.2, 0.25) is 22.7 Å². The van der Waals surface area contributed by atoms with Crippen LogP contribution in [0.4, 0.5) is 0 Å². The van der Waals surface area contributed by atoms with Crippen molar-refractivity contribution in [3.8, 4) is 11.5 Å². The normalized spacial score (nSPS) is 21.6. The maximum absolute atomic E-state index is 13.6. The lowest BCUT2D eigenvalue weighted by Gasteiger charge is -2.28. The molecule has 196 valence electrons. The van der Waals surface area contributed by atoms with Crippen molar-refractivity contribution in [3.05, 3.63) is 53.9 Å². The second kappa shape index (κ2) is 10.1. The molecule has 3 atom stereocenters. The van der Waals surface area contributed by atoms with Crippen LogP contribution in [0.3, 0.4) is 0 Å². The zero-order chi connectivity index (χ0) is 26.2. The van der Waals surface area contributed by atoms with Crippen LogP contribution in [0.2, 0.25) is 0 Å². The molecule has 1 aromatic heterocycles. The summed E-state index contributed by atoms with van der Waals surface area (Å²) >= 11 is 0. The van der Waals surface area contributed by atoms with Crippen molar-refractivity contribution in [1.82, 2.24) is 19.5 Å². The number of nitrogens with zero attached hydrogens (tertiary/aromatic N) is 3. The standard InChI is InChI=1S/C25H28N4O7S/c1-2-4-18(27-24(31)17-6-7-21-22(11-17)36-15-35-21)25(32)28-10-8-19-23(28)20(30)13-29(19)37(33,34)14-16-5-3-9-26-12-16/h3,5-7,9,11-12,18-19,23H,2,4,8,10,13-15H2,1H3,(H,27,31). The van der Waals surface area contributed by atoms with Crippen LogP contribution in [0.25, 0.3) is 0 Å². The Hall–Kier alpha value is -3.51. The number of ketones is 1.